The van der Waals surface area contributed by atoms with E-state index in [9.17, 15) is 4.79 Å². The Morgan fingerprint density at radius 3 is 2.67 bits per heavy atom. The van der Waals surface area contributed by atoms with Gasteiger partial charge < -0.3 is 9.47 Å². The Morgan fingerprint density at radius 1 is 1.25 bits per heavy atom. The lowest BCUT2D eigenvalue weighted by Gasteiger charge is -2.33. The van der Waals surface area contributed by atoms with Gasteiger partial charge in [-0.3, -0.25) is 4.79 Å². The zero-order valence-electron chi connectivity index (χ0n) is 14.5. The molecule has 0 saturated carbocycles. The summed E-state index contributed by atoms with van der Waals surface area (Å²) in [5, 5.41) is 0. The molecule has 1 aliphatic rings. The Bertz CT molecular complexity index is 616. The van der Waals surface area contributed by atoms with Crippen molar-refractivity contribution in [3.8, 4) is 0 Å². The summed E-state index contributed by atoms with van der Waals surface area (Å²) in [6.45, 7) is 3.90. The van der Waals surface area contributed by atoms with Crippen molar-refractivity contribution in [2.75, 3.05) is 13.1 Å². The van der Waals surface area contributed by atoms with Gasteiger partial charge in [-0.15, -0.1) is 0 Å². The smallest absolute Gasteiger partial charge is 0.224 e. The average molecular weight is 325 g/mol. The normalized spacial score (nSPS) is 17.0. The van der Waals surface area contributed by atoms with E-state index in [0.29, 0.717) is 6.42 Å². The standard InChI is InChI=1S/C20H27N3O/c1-17(23-14-11-21-16-23)15-20(24)22-12-9-19(10-13-22)8-7-18-5-3-2-4-6-18/h2-6,11,14,16-17,19H,7-10,12-13,15H2,1H3/t17-/m0/s1. The van der Waals surface area contributed by atoms with Crippen molar-refractivity contribution in [1.82, 2.24) is 14.5 Å². The summed E-state index contributed by atoms with van der Waals surface area (Å²) in [5.74, 6) is 1.03. The van der Waals surface area contributed by atoms with Crippen LogP contribution in [0.4, 0.5) is 0 Å². The van der Waals surface area contributed by atoms with Crippen LogP contribution in [0.3, 0.4) is 0 Å². The number of hydrogen-bond donors (Lipinski definition) is 0. The van der Waals surface area contributed by atoms with Gasteiger partial charge in [-0.1, -0.05) is 30.3 Å². The lowest BCUT2D eigenvalue weighted by molar-refractivity contribution is -0.133. The fourth-order valence-corrected chi connectivity index (χ4v) is 3.50. The molecule has 24 heavy (non-hydrogen) atoms. The maximum absolute atomic E-state index is 12.5. The van der Waals surface area contributed by atoms with E-state index < -0.39 is 0 Å². The third kappa shape index (κ3) is 4.47. The number of hydrogen-bond acceptors (Lipinski definition) is 2. The van der Waals surface area contributed by atoms with Gasteiger partial charge in [0.2, 0.25) is 5.91 Å². The largest absolute Gasteiger partial charge is 0.343 e. The summed E-state index contributed by atoms with van der Waals surface area (Å²) in [6, 6.07) is 10.9. The first-order valence-electron chi connectivity index (χ1n) is 9.01. The molecule has 4 nitrogen and oxygen atoms in total. The Morgan fingerprint density at radius 2 is 2.00 bits per heavy atom. The van der Waals surface area contributed by atoms with Crippen LogP contribution < -0.4 is 0 Å². The molecular weight excluding hydrogens is 298 g/mol. The summed E-state index contributed by atoms with van der Waals surface area (Å²) >= 11 is 0. The number of carbonyl (C=O) groups excluding carboxylic acids is 1. The molecule has 0 bridgehead atoms. The SMILES string of the molecule is C[C@@H](CC(=O)N1CCC(CCc2ccccc2)CC1)n1ccnc1. The predicted molar refractivity (Wildman–Crippen MR) is 95.6 cm³/mol. The molecule has 2 heterocycles. The molecule has 1 saturated heterocycles. The van der Waals surface area contributed by atoms with E-state index in [4.69, 9.17) is 0 Å². The molecule has 0 aliphatic carbocycles. The number of aromatic nitrogens is 2. The first-order chi connectivity index (χ1) is 11.7. The highest BCUT2D eigenvalue weighted by molar-refractivity contribution is 5.76. The molecule has 0 radical (unpaired) electrons. The van der Waals surface area contributed by atoms with Crippen LogP contribution in [0.5, 0.6) is 0 Å². The molecule has 3 rings (SSSR count). The van der Waals surface area contributed by atoms with Crippen molar-refractivity contribution in [2.24, 2.45) is 5.92 Å². The van der Waals surface area contributed by atoms with Gasteiger partial charge >= 0.3 is 0 Å². The second-order valence-corrected chi connectivity index (χ2v) is 6.91. The van der Waals surface area contributed by atoms with E-state index in [-0.39, 0.29) is 11.9 Å². The first-order valence-corrected chi connectivity index (χ1v) is 9.01. The van der Waals surface area contributed by atoms with E-state index in [0.717, 1.165) is 38.3 Å². The van der Waals surface area contributed by atoms with Crippen LogP contribution in [-0.2, 0) is 11.2 Å². The molecule has 1 aliphatic heterocycles. The monoisotopic (exact) mass is 325 g/mol. The molecule has 0 spiro atoms. The molecular formula is C20H27N3O. The van der Waals surface area contributed by atoms with Gasteiger partial charge in [0.1, 0.15) is 0 Å². The summed E-state index contributed by atoms with van der Waals surface area (Å²) in [7, 11) is 0. The minimum atomic E-state index is 0.177. The van der Waals surface area contributed by atoms with Gasteiger partial charge in [0, 0.05) is 37.9 Å². The van der Waals surface area contributed by atoms with Crippen LogP contribution in [0.25, 0.3) is 0 Å². The van der Waals surface area contributed by atoms with Crippen LogP contribution in [-0.4, -0.2) is 33.4 Å². The summed E-state index contributed by atoms with van der Waals surface area (Å²) < 4.78 is 2.00. The number of amides is 1. The molecule has 1 fully saturated rings. The number of nitrogens with zero attached hydrogens (tertiary/aromatic N) is 3. The second kappa shape index (κ2) is 8.13. The topological polar surface area (TPSA) is 38.1 Å². The van der Waals surface area contributed by atoms with Gasteiger partial charge in [0.15, 0.2) is 0 Å². The van der Waals surface area contributed by atoms with Crippen molar-refractivity contribution < 1.29 is 4.79 Å². The molecule has 128 valence electrons. The van der Waals surface area contributed by atoms with Crippen LogP contribution in [0, 0.1) is 5.92 Å². The molecule has 0 N–H and O–H groups in total. The van der Waals surface area contributed by atoms with Crippen molar-refractivity contribution in [2.45, 2.75) is 45.1 Å². The highest BCUT2D eigenvalue weighted by Crippen LogP contribution is 2.24. The maximum atomic E-state index is 12.5. The third-order valence-corrected chi connectivity index (χ3v) is 5.16. The maximum Gasteiger partial charge on any atom is 0.224 e. The van der Waals surface area contributed by atoms with E-state index >= 15 is 0 Å². The number of piperidine rings is 1. The Labute approximate surface area is 144 Å². The highest BCUT2D eigenvalue weighted by Gasteiger charge is 2.23. The predicted octanol–water partition coefficient (Wildman–Crippen LogP) is 3.71. The Hall–Kier alpha value is -2.10. The lowest BCUT2D eigenvalue weighted by atomic mass is 9.90. The fourth-order valence-electron chi connectivity index (χ4n) is 3.50. The minimum Gasteiger partial charge on any atom is -0.343 e. The number of rotatable bonds is 6. The number of benzene rings is 1. The van der Waals surface area contributed by atoms with Crippen LogP contribution in [0.2, 0.25) is 0 Å². The van der Waals surface area contributed by atoms with E-state index in [1.54, 1.807) is 12.5 Å². The van der Waals surface area contributed by atoms with Gasteiger partial charge in [0.25, 0.3) is 0 Å². The number of likely N-dealkylation sites (tertiary alicyclic amines) is 1. The Balaban J connectivity index is 1.40. The van der Waals surface area contributed by atoms with Gasteiger partial charge in [-0.2, -0.15) is 0 Å². The van der Waals surface area contributed by atoms with Crippen LogP contribution in [0.1, 0.15) is 44.2 Å². The first kappa shape index (κ1) is 16.7. The average Bonchev–Trinajstić information content (AvgIpc) is 3.16. The van der Waals surface area contributed by atoms with Gasteiger partial charge in [-0.25, -0.2) is 4.98 Å². The molecule has 1 amide bonds. The molecule has 2 aromatic rings. The van der Waals surface area contributed by atoms with Crippen LogP contribution in [0.15, 0.2) is 49.1 Å². The van der Waals surface area contributed by atoms with Crippen molar-refractivity contribution >= 4 is 5.91 Å². The summed E-state index contributed by atoms with van der Waals surface area (Å²) in [5.41, 5.74) is 1.42. The molecule has 1 aromatic carbocycles. The van der Waals surface area contributed by atoms with Crippen LogP contribution >= 0.6 is 0 Å². The van der Waals surface area contributed by atoms with E-state index in [2.05, 4.69) is 42.2 Å². The Kier molecular flexibility index (Phi) is 5.68. The summed E-state index contributed by atoms with van der Waals surface area (Å²) in [4.78, 5) is 18.6. The van der Waals surface area contributed by atoms with Crippen molar-refractivity contribution in [3.05, 3.63) is 54.6 Å². The number of imidazole rings is 1. The van der Waals surface area contributed by atoms with Gasteiger partial charge in [0.05, 0.1) is 6.33 Å². The fraction of sp³-hybridized carbons (Fsp3) is 0.500. The number of aryl methyl sites for hydroxylation is 1. The lowest BCUT2D eigenvalue weighted by Crippen LogP contribution is -2.39. The number of carbonyl (C=O) groups is 1. The van der Waals surface area contributed by atoms with Gasteiger partial charge in [-0.05, 0) is 44.1 Å². The molecule has 1 aromatic heterocycles. The molecule has 1 atom stereocenters. The molecule has 4 heteroatoms. The highest BCUT2D eigenvalue weighted by atomic mass is 16.2. The summed E-state index contributed by atoms with van der Waals surface area (Å²) in [6.07, 6.45) is 10.7. The zero-order valence-corrected chi connectivity index (χ0v) is 14.5. The van der Waals surface area contributed by atoms with E-state index in [1.165, 1.54) is 12.0 Å². The minimum absolute atomic E-state index is 0.177. The second-order valence-electron chi connectivity index (χ2n) is 6.91. The third-order valence-electron chi connectivity index (χ3n) is 5.16. The zero-order chi connectivity index (χ0) is 16.8. The quantitative estimate of drug-likeness (QED) is 0.812. The van der Waals surface area contributed by atoms with Crippen molar-refractivity contribution in [1.29, 1.82) is 0 Å². The van der Waals surface area contributed by atoms with Crippen molar-refractivity contribution in [3.63, 3.8) is 0 Å². The molecule has 0 unspecified atom stereocenters. The van der Waals surface area contributed by atoms with E-state index in [1.807, 2.05) is 15.7 Å².